The van der Waals surface area contributed by atoms with Crippen LogP contribution in [0.3, 0.4) is 0 Å². The molecule has 0 N–H and O–H groups in total. The number of aliphatic imine (C=N–C) groups is 1. The van der Waals surface area contributed by atoms with Gasteiger partial charge in [-0.1, -0.05) is 24.3 Å². The molecule has 0 fully saturated rings. The molecule has 0 aliphatic rings. The van der Waals surface area contributed by atoms with Crippen LogP contribution in [0.15, 0.2) is 71.9 Å². The lowest BCUT2D eigenvalue weighted by molar-refractivity contribution is 0.414. The second-order valence-electron chi connectivity index (χ2n) is 6.74. The van der Waals surface area contributed by atoms with E-state index >= 15 is 0 Å². The van der Waals surface area contributed by atoms with Crippen LogP contribution in [0.4, 0.5) is 5.82 Å². The van der Waals surface area contributed by atoms with Crippen molar-refractivity contribution in [3.63, 3.8) is 0 Å². The van der Waals surface area contributed by atoms with E-state index in [1.807, 2.05) is 50.5 Å². The van der Waals surface area contributed by atoms with Crippen LogP contribution < -0.4 is 14.4 Å². The van der Waals surface area contributed by atoms with Gasteiger partial charge < -0.3 is 14.4 Å². The number of rotatable bonds is 8. The monoisotopic (exact) mass is 389 g/mol. The van der Waals surface area contributed by atoms with Gasteiger partial charge >= 0.3 is 0 Å². The summed E-state index contributed by atoms with van der Waals surface area (Å²) in [7, 11) is 5.17. The van der Waals surface area contributed by atoms with E-state index in [1.54, 1.807) is 14.2 Å². The summed E-state index contributed by atoms with van der Waals surface area (Å²) < 4.78 is 10.6. The van der Waals surface area contributed by atoms with Gasteiger partial charge in [-0.3, -0.25) is 4.99 Å². The van der Waals surface area contributed by atoms with Crippen molar-refractivity contribution in [2.75, 3.05) is 26.2 Å². The van der Waals surface area contributed by atoms with Crippen LogP contribution in [0.5, 0.6) is 11.5 Å². The fraction of sp³-hybridized carbons (Fsp3) is 0.250. The standard InChI is InChI=1S/C24H27N3O2/c1-18(25-2)23-6-5-15-26-24(23)27(16-19-7-11-21(28-3)12-8-19)17-20-9-13-22(29-4)14-10-20/h5-15H,16-17H2,1-4H3. The van der Waals surface area contributed by atoms with Crippen molar-refractivity contribution >= 4 is 11.5 Å². The largest absolute Gasteiger partial charge is 0.497 e. The van der Waals surface area contributed by atoms with Gasteiger partial charge in [0.25, 0.3) is 0 Å². The molecule has 2 aromatic carbocycles. The van der Waals surface area contributed by atoms with Gasteiger partial charge in [-0.15, -0.1) is 0 Å². The second-order valence-corrected chi connectivity index (χ2v) is 6.74. The Morgan fingerprint density at radius 1 is 0.862 bits per heavy atom. The Morgan fingerprint density at radius 2 is 1.38 bits per heavy atom. The summed E-state index contributed by atoms with van der Waals surface area (Å²) in [5.41, 5.74) is 4.36. The maximum absolute atomic E-state index is 5.29. The van der Waals surface area contributed by atoms with Crippen LogP contribution >= 0.6 is 0 Å². The number of benzene rings is 2. The van der Waals surface area contributed by atoms with Crippen molar-refractivity contribution in [1.29, 1.82) is 0 Å². The average Bonchev–Trinajstić information content (AvgIpc) is 2.79. The number of ether oxygens (including phenoxy) is 2. The number of aromatic nitrogens is 1. The van der Waals surface area contributed by atoms with E-state index in [2.05, 4.69) is 40.2 Å². The number of hydrogen-bond donors (Lipinski definition) is 0. The highest BCUT2D eigenvalue weighted by Gasteiger charge is 2.16. The van der Waals surface area contributed by atoms with E-state index in [-0.39, 0.29) is 0 Å². The molecular formula is C24H27N3O2. The Bertz CT molecular complexity index is 901. The third kappa shape index (κ3) is 5.13. The third-order valence-corrected chi connectivity index (χ3v) is 4.88. The van der Waals surface area contributed by atoms with Crippen molar-refractivity contribution in [3.05, 3.63) is 83.6 Å². The van der Waals surface area contributed by atoms with Crippen LogP contribution in [-0.2, 0) is 13.1 Å². The first kappa shape index (κ1) is 20.4. The molecule has 0 atom stereocenters. The highest BCUT2D eigenvalue weighted by Crippen LogP contribution is 2.24. The SMILES string of the molecule is CN=C(C)c1cccnc1N(Cc1ccc(OC)cc1)Cc1ccc(OC)cc1. The Hall–Kier alpha value is -3.34. The minimum atomic E-state index is 0.719. The van der Waals surface area contributed by atoms with E-state index in [4.69, 9.17) is 14.5 Å². The van der Waals surface area contributed by atoms with Crippen LogP contribution in [0, 0.1) is 0 Å². The van der Waals surface area contributed by atoms with Crippen LogP contribution in [-0.4, -0.2) is 32.0 Å². The smallest absolute Gasteiger partial charge is 0.138 e. The molecule has 0 saturated carbocycles. The molecular weight excluding hydrogens is 362 g/mol. The van der Waals surface area contributed by atoms with Gasteiger partial charge in [0.05, 0.1) is 14.2 Å². The highest BCUT2D eigenvalue weighted by atomic mass is 16.5. The van der Waals surface area contributed by atoms with Crippen molar-refractivity contribution in [2.45, 2.75) is 20.0 Å². The van der Waals surface area contributed by atoms with Crippen molar-refractivity contribution in [1.82, 2.24) is 4.98 Å². The minimum Gasteiger partial charge on any atom is -0.497 e. The lowest BCUT2D eigenvalue weighted by Crippen LogP contribution is -2.25. The van der Waals surface area contributed by atoms with E-state index in [9.17, 15) is 0 Å². The second kappa shape index (κ2) is 9.73. The first-order chi connectivity index (χ1) is 14.1. The van der Waals surface area contributed by atoms with Crippen LogP contribution in [0.25, 0.3) is 0 Å². The Morgan fingerprint density at radius 3 is 1.83 bits per heavy atom. The van der Waals surface area contributed by atoms with E-state index in [0.29, 0.717) is 0 Å². The van der Waals surface area contributed by atoms with Crippen LogP contribution in [0.1, 0.15) is 23.6 Å². The molecule has 0 aliphatic carbocycles. The van der Waals surface area contributed by atoms with Crippen molar-refractivity contribution in [3.8, 4) is 11.5 Å². The Kier molecular flexibility index (Phi) is 6.85. The lowest BCUT2D eigenvalue weighted by atomic mass is 10.1. The molecule has 3 rings (SSSR count). The molecule has 0 amide bonds. The summed E-state index contributed by atoms with van der Waals surface area (Å²) >= 11 is 0. The summed E-state index contributed by atoms with van der Waals surface area (Å²) in [5, 5.41) is 0. The fourth-order valence-corrected chi connectivity index (χ4v) is 3.16. The topological polar surface area (TPSA) is 47.0 Å². The van der Waals surface area contributed by atoms with Gasteiger partial charge in [-0.25, -0.2) is 4.98 Å². The molecule has 0 unspecified atom stereocenters. The Labute approximate surface area is 172 Å². The zero-order valence-electron chi connectivity index (χ0n) is 17.4. The molecule has 0 spiro atoms. The molecule has 0 saturated heterocycles. The first-order valence-electron chi connectivity index (χ1n) is 9.54. The summed E-state index contributed by atoms with van der Waals surface area (Å²) in [4.78, 5) is 11.4. The predicted octanol–water partition coefficient (Wildman–Crippen LogP) is 4.74. The summed E-state index contributed by atoms with van der Waals surface area (Å²) in [6.45, 7) is 3.45. The minimum absolute atomic E-state index is 0.719. The maximum Gasteiger partial charge on any atom is 0.138 e. The predicted molar refractivity (Wildman–Crippen MR) is 118 cm³/mol. The lowest BCUT2D eigenvalue weighted by Gasteiger charge is -2.26. The third-order valence-electron chi connectivity index (χ3n) is 4.88. The first-order valence-corrected chi connectivity index (χ1v) is 9.54. The number of nitrogens with zero attached hydrogens (tertiary/aromatic N) is 3. The Balaban J connectivity index is 1.96. The molecule has 1 heterocycles. The van der Waals surface area contributed by atoms with Gasteiger partial charge in [0.15, 0.2) is 0 Å². The van der Waals surface area contributed by atoms with Gasteiger partial charge in [0.1, 0.15) is 17.3 Å². The van der Waals surface area contributed by atoms with Gasteiger partial charge in [-0.05, 0) is 54.4 Å². The van der Waals surface area contributed by atoms with Gasteiger partial charge in [0, 0.05) is 37.6 Å². The van der Waals surface area contributed by atoms with Gasteiger partial charge in [-0.2, -0.15) is 0 Å². The number of methoxy groups -OCH3 is 2. The van der Waals surface area contributed by atoms with Crippen LogP contribution in [0.2, 0.25) is 0 Å². The van der Waals surface area contributed by atoms with Gasteiger partial charge in [0.2, 0.25) is 0 Å². The van der Waals surface area contributed by atoms with E-state index in [1.165, 1.54) is 11.1 Å². The molecule has 5 nitrogen and oxygen atoms in total. The molecule has 0 aliphatic heterocycles. The summed E-state index contributed by atoms with van der Waals surface area (Å²) in [5.74, 6) is 2.62. The van der Waals surface area contributed by atoms with Crippen molar-refractivity contribution < 1.29 is 9.47 Å². The quantitative estimate of drug-likeness (QED) is 0.522. The molecule has 29 heavy (non-hydrogen) atoms. The maximum atomic E-state index is 5.29. The summed E-state index contributed by atoms with van der Waals surface area (Å²) in [6, 6.07) is 20.3. The number of hydrogen-bond acceptors (Lipinski definition) is 5. The van der Waals surface area contributed by atoms with Crippen molar-refractivity contribution in [2.24, 2.45) is 4.99 Å². The zero-order chi connectivity index (χ0) is 20.6. The number of pyridine rings is 1. The molecule has 0 radical (unpaired) electrons. The average molecular weight is 389 g/mol. The highest BCUT2D eigenvalue weighted by molar-refractivity contribution is 6.02. The van der Waals surface area contributed by atoms with E-state index in [0.717, 1.165) is 41.7 Å². The molecule has 1 aromatic heterocycles. The fourth-order valence-electron chi connectivity index (χ4n) is 3.16. The normalized spacial score (nSPS) is 11.2. The molecule has 3 aromatic rings. The molecule has 0 bridgehead atoms. The summed E-state index contributed by atoms with van der Waals surface area (Å²) in [6.07, 6.45) is 1.83. The molecule has 5 heteroatoms. The van der Waals surface area contributed by atoms with E-state index < -0.39 is 0 Å². The molecule has 150 valence electrons. The zero-order valence-corrected chi connectivity index (χ0v) is 17.4. The number of anilines is 1.